The molecule has 0 aliphatic carbocycles. The zero-order valence-corrected chi connectivity index (χ0v) is 11.8. The third-order valence-electron chi connectivity index (χ3n) is 2.55. The average Bonchev–Trinajstić information content (AvgIpc) is 2.34. The highest BCUT2D eigenvalue weighted by Gasteiger charge is 2.18. The lowest BCUT2D eigenvalue weighted by molar-refractivity contribution is -0.390. The molecule has 0 saturated heterocycles. The van der Waals surface area contributed by atoms with Crippen LogP contribution < -0.4 is 10.1 Å². The number of rotatable bonds is 7. The molecule has 1 heterocycles. The van der Waals surface area contributed by atoms with Crippen LogP contribution in [0.1, 0.15) is 26.5 Å². The fourth-order valence-corrected chi connectivity index (χ4v) is 1.50. The summed E-state index contributed by atoms with van der Waals surface area (Å²) in [5.74, 6) is 0.277. The van der Waals surface area contributed by atoms with E-state index in [-0.39, 0.29) is 17.5 Å². The summed E-state index contributed by atoms with van der Waals surface area (Å²) in [5.41, 5.74) is 0.605. The minimum Gasteiger partial charge on any atom is -0.485 e. The maximum atomic E-state index is 10.9. The predicted octanol–water partition coefficient (Wildman–Crippen LogP) is 2.31. The number of aromatic nitrogens is 1. The monoisotopic (exact) mass is 267 g/mol. The Hall–Kier alpha value is -1.69. The summed E-state index contributed by atoms with van der Waals surface area (Å²) in [5, 5.41) is 14.2. The summed E-state index contributed by atoms with van der Waals surface area (Å²) < 4.78 is 5.50. The zero-order chi connectivity index (χ0) is 14.4. The van der Waals surface area contributed by atoms with Gasteiger partial charge in [0.2, 0.25) is 5.75 Å². The van der Waals surface area contributed by atoms with Gasteiger partial charge in [-0.2, -0.15) is 0 Å². The second-order valence-electron chi connectivity index (χ2n) is 5.01. The molecule has 0 spiro atoms. The van der Waals surface area contributed by atoms with E-state index in [1.54, 1.807) is 19.1 Å². The second kappa shape index (κ2) is 7.04. The molecule has 1 unspecified atom stereocenters. The van der Waals surface area contributed by atoms with E-state index in [1.165, 1.54) is 0 Å². The van der Waals surface area contributed by atoms with Crippen molar-refractivity contribution in [3.63, 3.8) is 0 Å². The van der Waals surface area contributed by atoms with Crippen molar-refractivity contribution < 1.29 is 9.66 Å². The number of aryl methyl sites for hydroxylation is 1. The van der Waals surface area contributed by atoms with Crippen molar-refractivity contribution in [3.8, 4) is 5.75 Å². The fourth-order valence-electron chi connectivity index (χ4n) is 1.50. The van der Waals surface area contributed by atoms with Gasteiger partial charge in [0.1, 0.15) is 5.69 Å². The summed E-state index contributed by atoms with van der Waals surface area (Å²) in [6.07, 6.45) is 0. The van der Waals surface area contributed by atoms with E-state index in [0.29, 0.717) is 18.3 Å². The van der Waals surface area contributed by atoms with Crippen LogP contribution in [-0.4, -0.2) is 29.1 Å². The van der Waals surface area contributed by atoms with Gasteiger partial charge in [0.05, 0.1) is 6.61 Å². The molecule has 0 fully saturated rings. The number of ether oxygens (including phenoxy) is 1. The first-order chi connectivity index (χ1) is 8.90. The molecule has 1 atom stereocenters. The molecule has 1 N–H and O–H groups in total. The van der Waals surface area contributed by atoms with Crippen molar-refractivity contribution in [2.24, 2.45) is 5.92 Å². The summed E-state index contributed by atoms with van der Waals surface area (Å²) in [6, 6.07) is 3.72. The smallest absolute Gasteiger partial charge is 0.406 e. The van der Waals surface area contributed by atoms with Crippen LogP contribution in [0.5, 0.6) is 5.75 Å². The van der Waals surface area contributed by atoms with Gasteiger partial charge < -0.3 is 20.2 Å². The number of nitrogens with one attached hydrogen (secondary N) is 1. The van der Waals surface area contributed by atoms with E-state index in [0.717, 1.165) is 6.54 Å². The van der Waals surface area contributed by atoms with Gasteiger partial charge in [0.25, 0.3) is 0 Å². The van der Waals surface area contributed by atoms with Crippen molar-refractivity contribution in [1.82, 2.24) is 10.3 Å². The van der Waals surface area contributed by atoms with Crippen molar-refractivity contribution in [2.75, 3.05) is 13.2 Å². The third-order valence-corrected chi connectivity index (χ3v) is 2.55. The Morgan fingerprint density at radius 3 is 2.68 bits per heavy atom. The lowest BCUT2D eigenvalue weighted by Gasteiger charge is -2.15. The summed E-state index contributed by atoms with van der Waals surface area (Å²) in [7, 11) is 0. The van der Waals surface area contributed by atoms with Crippen LogP contribution in [0.25, 0.3) is 0 Å². The first kappa shape index (κ1) is 15.4. The van der Waals surface area contributed by atoms with E-state index in [2.05, 4.69) is 24.1 Å². The normalized spacial score (nSPS) is 12.5. The van der Waals surface area contributed by atoms with Crippen LogP contribution in [0.2, 0.25) is 0 Å². The molecule has 0 aliphatic rings. The molecule has 6 heteroatoms. The molecule has 0 bridgehead atoms. The van der Waals surface area contributed by atoms with Gasteiger partial charge in [-0.1, -0.05) is 20.8 Å². The number of nitrogens with zero attached hydrogens (tertiary/aromatic N) is 2. The van der Waals surface area contributed by atoms with Gasteiger partial charge in [-0.3, -0.25) is 0 Å². The first-order valence-corrected chi connectivity index (χ1v) is 6.38. The second-order valence-corrected chi connectivity index (χ2v) is 5.01. The molecule has 0 saturated carbocycles. The number of pyridine rings is 1. The summed E-state index contributed by atoms with van der Waals surface area (Å²) in [4.78, 5) is 14.3. The molecular weight excluding hydrogens is 246 g/mol. The Balaban J connectivity index is 2.60. The molecule has 1 aromatic heterocycles. The number of hydrogen-bond donors (Lipinski definition) is 1. The van der Waals surface area contributed by atoms with Gasteiger partial charge in [-0.05, 0) is 22.0 Å². The van der Waals surface area contributed by atoms with Crippen LogP contribution >= 0.6 is 0 Å². The Morgan fingerprint density at radius 2 is 2.11 bits per heavy atom. The molecule has 106 valence electrons. The Bertz CT molecular complexity index is 435. The minimum absolute atomic E-state index is 0.219. The molecule has 19 heavy (non-hydrogen) atoms. The Labute approximate surface area is 113 Å². The van der Waals surface area contributed by atoms with Gasteiger partial charge in [0, 0.05) is 25.4 Å². The van der Waals surface area contributed by atoms with E-state index < -0.39 is 4.92 Å². The van der Waals surface area contributed by atoms with E-state index >= 15 is 0 Å². The number of hydrogen-bond acceptors (Lipinski definition) is 5. The third kappa shape index (κ3) is 5.21. The van der Waals surface area contributed by atoms with Crippen molar-refractivity contribution in [2.45, 2.75) is 33.7 Å². The molecule has 0 aromatic carbocycles. The predicted molar refractivity (Wildman–Crippen MR) is 73.4 cm³/mol. The van der Waals surface area contributed by atoms with Crippen LogP contribution in [0.4, 0.5) is 5.82 Å². The van der Waals surface area contributed by atoms with Gasteiger partial charge in [0.15, 0.2) is 0 Å². The lowest BCUT2D eigenvalue weighted by atomic mass is 10.2. The van der Waals surface area contributed by atoms with Gasteiger partial charge >= 0.3 is 5.82 Å². The summed E-state index contributed by atoms with van der Waals surface area (Å²) in [6.45, 7) is 9.12. The van der Waals surface area contributed by atoms with E-state index in [4.69, 9.17) is 4.74 Å². The van der Waals surface area contributed by atoms with Gasteiger partial charge in [-0.15, -0.1) is 0 Å². The van der Waals surface area contributed by atoms with Gasteiger partial charge in [-0.25, -0.2) is 0 Å². The van der Waals surface area contributed by atoms with Crippen LogP contribution in [-0.2, 0) is 0 Å². The average molecular weight is 267 g/mol. The van der Waals surface area contributed by atoms with Crippen LogP contribution in [0.3, 0.4) is 0 Å². The zero-order valence-electron chi connectivity index (χ0n) is 11.8. The van der Waals surface area contributed by atoms with Crippen molar-refractivity contribution in [3.05, 3.63) is 27.9 Å². The molecule has 1 aromatic rings. The quantitative estimate of drug-likeness (QED) is 0.606. The highest BCUT2D eigenvalue weighted by atomic mass is 16.6. The highest BCUT2D eigenvalue weighted by molar-refractivity contribution is 5.40. The summed E-state index contributed by atoms with van der Waals surface area (Å²) >= 11 is 0. The molecule has 1 rings (SSSR count). The SMILES string of the molecule is Cc1ccc(OCC(C)CNC(C)C)c([N+](=O)[O-])n1. The minimum atomic E-state index is -0.515. The lowest BCUT2D eigenvalue weighted by Crippen LogP contribution is -2.30. The molecule has 6 nitrogen and oxygen atoms in total. The topological polar surface area (TPSA) is 77.3 Å². The maximum absolute atomic E-state index is 10.9. The van der Waals surface area contributed by atoms with E-state index in [9.17, 15) is 10.1 Å². The highest BCUT2D eigenvalue weighted by Crippen LogP contribution is 2.24. The number of nitro groups is 1. The fraction of sp³-hybridized carbons (Fsp3) is 0.615. The molecule has 0 radical (unpaired) electrons. The largest absolute Gasteiger partial charge is 0.485 e. The molecular formula is C13H21N3O3. The van der Waals surface area contributed by atoms with Crippen LogP contribution in [0, 0.1) is 23.0 Å². The standard InChI is InChI=1S/C13H21N3O3/c1-9(2)14-7-10(3)8-19-12-6-5-11(4)15-13(12)16(17)18/h5-6,9-10,14H,7-8H2,1-4H3. The maximum Gasteiger partial charge on any atom is 0.406 e. The van der Waals surface area contributed by atoms with Crippen LogP contribution in [0.15, 0.2) is 12.1 Å². The van der Waals surface area contributed by atoms with E-state index in [1.807, 2.05) is 6.92 Å². The molecule has 0 aliphatic heterocycles. The molecule has 0 amide bonds. The van der Waals surface area contributed by atoms with Crippen molar-refractivity contribution >= 4 is 5.82 Å². The Morgan fingerprint density at radius 1 is 1.42 bits per heavy atom. The first-order valence-electron chi connectivity index (χ1n) is 6.38. The Kier molecular flexibility index (Phi) is 5.69. The van der Waals surface area contributed by atoms with Crippen molar-refractivity contribution in [1.29, 1.82) is 0 Å².